The van der Waals surface area contributed by atoms with E-state index in [1.54, 1.807) is 13.1 Å². The Morgan fingerprint density at radius 1 is 1.18 bits per heavy atom. The van der Waals surface area contributed by atoms with Crippen molar-refractivity contribution in [1.29, 1.82) is 0 Å². The molecule has 34 heavy (non-hydrogen) atoms. The number of aromatic nitrogens is 6. The second kappa shape index (κ2) is 8.61. The molecule has 0 aromatic carbocycles. The first-order valence-electron chi connectivity index (χ1n) is 11.4. The molecule has 0 unspecified atom stereocenters. The molecule has 1 aliphatic carbocycles. The summed E-state index contributed by atoms with van der Waals surface area (Å²) in [7, 11) is 0. The van der Waals surface area contributed by atoms with Crippen LogP contribution in [0.4, 0.5) is 19.1 Å². The summed E-state index contributed by atoms with van der Waals surface area (Å²) in [5.41, 5.74) is 2.07. The number of rotatable bonds is 6. The topological polar surface area (TPSA) is 81.9 Å². The van der Waals surface area contributed by atoms with Gasteiger partial charge in [-0.3, -0.25) is 4.68 Å². The van der Waals surface area contributed by atoms with E-state index in [0.29, 0.717) is 47.6 Å². The van der Waals surface area contributed by atoms with Gasteiger partial charge in [0.25, 0.3) is 0 Å². The lowest BCUT2D eigenvalue weighted by molar-refractivity contribution is -0.0935. The van der Waals surface area contributed by atoms with E-state index in [4.69, 9.17) is 4.74 Å². The molecule has 8 nitrogen and oxygen atoms in total. The van der Waals surface area contributed by atoms with Crippen LogP contribution < -0.4 is 4.90 Å². The molecule has 3 aromatic rings. The number of aryl methyl sites for hydroxylation is 2. The zero-order chi connectivity index (χ0) is 24.0. The fourth-order valence-electron chi connectivity index (χ4n) is 4.12. The van der Waals surface area contributed by atoms with Crippen LogP contribution >= 0.6 is 0 Å². The van der Waals surface area contributed by atoms with Crippen LogP contribution in [0.5, 0.6) is 0 Å². The maximum Gasteiger partial charge on any atom is 0.412 e. The molecular formula is C23H26F3N7O. The van der Waals surface area contributed by atoms with Gasteiger partial charge in [-0.05, 0) is 39.5 Å². The first-order valence-corrected chi connectivity index (χ1v) is 11.4. The lowest BCUT2D eigenvalue weighted by Crippen LogP contribution is -2.43. The van der Waals surface area contributed by atoms with Crippen LogP contribution in [-0.2, 0) is 11.2 Å². The van der Waals surface area contributed by atoms with Gasteiger partial charge in [0.15, 0.2) is 5.65 Å². The Kier molecular flexibility index (Phi) is 5.75. The number of allylic oxidation sites excluding steroid dienone is 1. The van der Waals surface area contributed by atoms with Crippen molar-refractivity contribution in [1.82, 2.24) is 29.7 Å². The minimum Gasteiger partial charge on any atom is -0.367 e. The van der Waals surface area contributed by atoms with E-state index < -0.39 is 11.7 Å². The number of hydrogen-bond acceptors (Lipinski definition) is 7. The smallest absolute Gasteiger partial charge is 0.367 e. The van der Waals surface area contributed by atoms with Crippen molar-refractivity contribution in [2.75, 3.05) is 18.0 Å². The molecule has 1 saturated heterocycles. The molecule has 0 bridgehead atoms. The molecule has 5 rings (SSSR count). The zero-order valence-corrected chi connectivity index (χ0v) is 19.1. The standard InChI is InChI=1S/C23H26F3N7O/c1-13(23(24,25)26)4-7-18-20-21(29-14(2)8-27-20)31-22(30-18)32-10-15(3)34-19(12-32)16-9-28-33(11-16)17-5-6-17/h8-9,11,15,17,19H,1,4-7,10,12H2,2-3H3/t15-,19-/m1/s1. The Bertz CT molecular complexity index is 1220. The van der Waals surface area contributed by atoms with E-state index in [0.717, 1.165) is 18.4 Å². The molecule has 0 spiro atoms. The average molecular weight is 474 g/mol. The Labute approximate surface area is 194 Å². The number of hydrogen-bond donors (Lipinski definition) is 0. The second-order valence-corrected chi connectivity index (χ2v) is 9.08. The highest BCUT2D eigenvalue weighted by molar-refractivity contribution is 5.74. The summed E-state index contributed by atoms with van der Waals surface area (Å²) < 4.78 is 47.2. The summed E-state index contributed by atoms with van der Waals surface area (Å²) in [6.45, 7) is 8.00. The fraction of sp³-hybridized carbons (Fsp3) is 0.522. The van der Waals surface area contributed by atoms with Gasteiger partial charge >= 0.3 is 6.18 Å². The van der Waals surface area contributed by atoms with Gasteiger partial charge in [-0.25, -0.2) is 15.0 Å². The van der Waals surface area contributed by atoms with E-state index in [-0.39, 0.29) is 25.0 Å². The second-order valence-electron chi connectivity index (χ2n) is 9.08. The van der Waals surface area contributed by atoms with Crippen LogP contribution in [-0.4, -0.2) is 55.1 Å². The molecule has 1 saturated carbocycles. The van der Waals surface area contributed by atoms with Crippen LogP contribution in [0, 0.1) is 6.92 Å². The zero-order valence-electron chi connectivity index (χ0n) is 19.1. The summed E-state index contributed by atoms with van der Waals surface area (Å²) in [5, 5.41) is 4.47. The fourth-order valence-corrected chi connectivity index (χ4v) is 4.12. The third-order valence-electron chi connectivity index (χ3n) is 6.11. The lowest BCUT2D eigenvalue weighted by atomic mass is 10.1. The van der Waals surface area contributed by atoms with Crippen molar-refractivity contribution < 1.29 is 17.9 Å². The number of alkyl halides is 3. The highest BCUT2D eigenvalue weighted by Gasteiger charge is 2.33. The predicted octanol–water partition coefficient (Wildman–Crippen LogP) is 4.28. The highest BCUT2D eigenvalue weighted by Crippen LogP contribution is 2.36. The Morgan fingerprint density at radius 3 is 2.71 bits per heavy atom. The Balaban J connectivity index is 1.44. The van der Waals surface area contributed by atoms with Crippen molar-refractivity contribution in [3.05, 3.63) is 47.7 Å². The summed E-state index contributed by atoms with van der Waals surface area (Å²) in [6.07, 6.45) is 2.74. The van der Waals surface area contributed by atoms with E-state index in [9.17, 15) is 13.2 Å². The highest BCUT2D eigenvalue weighted by atomic mass is 19.4. The molecule has 1 aliphatic heterocycles. The van der Waals surface area contributed by atoms with E-state index in [1.807, 2.05) is 28.9 Å². The van der Waals surface area contributed by atoms with Crippen molar-refractivity contribution in [2.45, 2.75) is 64.0 Å². The summed E-state index contributed by atoms with van der Waals surface area (Å²) in [6, 6.07) is 0.477. The number of nitrogens with zero attached hydrogens (tertiary/aromatic N) is 7. The van der Waals surface area contributed by atoms with Crippen LogP contribution in [0.25, 0.3) is 11.2 Å². The lowest BCUT2D eigenvalue weighted by Gasteiger charge is -2.36. The van der Waals surface area contributed by atoms with Crippen LogP contribution in [0.15, 0.2) is 30.7 Å². The van der Waals surface area contributed by atoms with E-state index in [2.05, 4.69) is 31.6 Å². The van der Waals surface area contributed by atoms with Gasteiger partial charge in [-0.1, -0.05) is 6.58 Å². The summed E-state index contributed by atoms with van der Waals surface area (Å²) in [4.78, 5) is 20.1. The van der Waals surface area contributed by atoms with Crippen molar-refractivity contribution >= 4 is 17.1 Å². The van der Waals surface area contributed by atoms with Gasteiger partial charge in [0.1, 0.15) is 11.6 Å². The number of halogens is 3. The van der Waals surface area contributed by atoms with Gasteiger partial charge < -0.3 is 9.64 Å². The van der Waals surface area contributed by atoms with Gasteiger partial charge in [-0.2, -0.15) is 23.3 Å². The summed E-state index contributed by atoms with van der Waals surface area (Å²) >= 11 is 0. The Hall–Kier alpha value is -3.08. The average Bonchev–Trinajstić information content (AvgIpc) is 3.52. The van der Waals surface area contributed by atoms with Crippen LogP contribution in [0.2, 0.25) is 0 Å². The molecule has 2 aliphatic rings. The summed E-state index contributed by atoms with van der Waals surface area (Å²) in [5.74, 6) is 0.412. The van der Waals surface area contributed by atoms with E-state index >= 15 is 0 Å². The molecular weight excluding hydrogens is 447 g/mol. The molecule has 2 fully saturated rings. The predicted molar refractivity (Wildman–Crippen MR) is 119 cm³/mol. The third-order valence-corrected chi connectivity index (χ3v) is 6.11. The van der Waals surface area contributed by atoms with Crippen molar-refractivity contribution in [3.63, 3.8) is 0 Å². The normalized spacial score (nSPS) is 21.3. The largest absolute Gasteiger partial charge is 0.412 e. The van der Waals surface area contributed by atoms with Crippen LogP contribution in [0.1, 0.15) is 55.3 Å². The van der Waals surface area contributed by atoms with Gasteiger partial charge in [0.05, 0.1) is 36.3 Å². The third kappa shape index (κ3) is 4.75. The minimum atomic E-state index is -4.44. The van der Waals surface area contributed by atoms with Gasteiger partial charge in [0.2, 0.25) is 5.95 Å². The maximum absolute atomic E-state index is 13.0. The Morgan fingerprint density at radius 2 is 1.97 bits per heavy atom. The SMILES string of the molecule is C=C(CCc1nc(N2C[C@@H](C)O[C@@H](c3cnn(C4CC4)c3)C2)nc2nc(C)cnc12)C(F)(F)F. The number of ether oxygens (including phenoxy) is 1. The monoisotopic (exact) mass is 473 g/mol. The van der Waals surface area contributed by atoms with Gasteiger partial charge in [0, 0.05) is 30.1 Å². The molecule has 0 amide bonds. The molecule has 0 N–H and O–H groups in total. The first-order chi connectivity index (χ1) is 16.2. The maximum atomic E-state index is 13.0. The molecule has 180 valence electrons. The van der Waals surface area contributed by atoms with Gasteiger partial charge in [-0.15, -0.1) is 0 Å². The minimum absolute atomic E-state index is 0.0413. The van der Waals surface area contributed by atoms with Crippen LogP contribution in [0.3, 0.4) is 0 Å². The van der Waals surface area contributed by atoms with Crippen molar-refractivity contribution in [2.24, 2.45) is 0 Å². The number of anilines is 1. The van der Waals surface area contributed by atoms with E-state index in [1.165, 1.54) is 0 Å². The van der Waals surface area contributed by atoms with Crippen molar-refractivity contribution in [3.8, 4) is 0 Å². The molecule has 0 radical (unpaired) electrons. The molecule has 3 aromatic heterocycles. The number of fused-ring (bicyclic) bond motifs is 1. The molecule has 4 heterocycles. The quantitative estimate of drug-likeness (QED) is 0.495. The first kappa shape index (κ1) is 22.7. The number of morpholine rings is 1. The molecule has 11 heteroatoms. The molecule has 2 atom stereocenters.